The van der Waals surface area contributed by atoms with Gasteiger partial charge in [0.15, 0.2) is 17.5 Å². The third-order valence-electron chi connectivity index (χ3n) is 10.1. The summed E-state index contributed by atoms with van der Waals surface area (Å²) in [5.74, 6) is 3.43. The van der Waals surface area contributed by atoms with Crippen LogP contribution in [0, 0.1) is 0 Å². The third kappa shape index (κ3) is 4.65. The molecule has 0 bridgehead atoms. The van der Waals surface area contributed by atoms with E-state index < -0.39 is 0 Å². The van der Waals surface area contributed by atoms with Crippen molar-refractivity contribution in [2.24, 2.45) is 0 Å². The van der Waals surface area contributed by atoms with Crippen molar-refractivity contribution >= 4 is 43.9 Å². The Balaban J connectivity index is 1.35. The van der Waals surface area contributed by atoms with Gasteiger partial charge in [-0.2, -0.15) is 0 Å². The molecule has 0 fully saturated rings. The van der Waals surface area contributed by atoms with E-state index in [0.717, 1.165) is 83.3 Å². The Kier molecular flexibility index (Phi) is 6.72. The minimum absolute atomic E-state index is 0.549. The van der Waals surface area contributed by atoms with Crippen LogP contribution >= 0.6 is 0 Å². The van der Waals surface area contributed by atoms with Crippen LogP contribution in [0.3, 0.4) is 0 Å². The summed E-state index contributed by atoms with van der Waals surface area (Å²) in [6, 6.07) is 60.2. The largest absolute Gasteiger partial charge is 0.290 e. The summed E-state index contributed by atoms with van der Waals surface area (Å²) in [6.07, 6.45) is 0. The van der Waals surface area contributed by atoms with Crippen LogP contribution in [-0.2, 0) is 0 Å². The molecule has 0 aliphatic heterocycles. The van der Waals surface area contributed by atoms with Gasteiger partial charge in [-0.05, 0) is 24.3 Å². The maximum atomic E-state index is 5.56. The summed E-state index contributed by atoms with van der Waals surface area (Å²) in [5, 5.41) is 2.19. The molecule has 7 heteroatoms. The van der Waals surface area contributed by atoms with E-state index in [2.05, 4.69) is 112 Å². The molecule has 7 nitrogen and oxygen atoms in total. The first kappa shape index (κ1) is 30.1. The Morgan fingerprint density at radius 1 is 0.315 bits per heavy atom. The van der Waals surface area contributed by atoms with Crippen LogP contribution < -0.4 is 0 Å². The van der Waals surface area contributed by atoms with E-state index in [9.17, 15) is 0 Å². The van der Waals surface area contributed by atoms with Gasteiger partial charge in [0.05, 0.1) is 27.6 Å². The fraction of sp³-hybridized carbons (Fsp3) is 0. The lowest BCUT2D eigenvalue weighted by Gasteiger charge is -2.13. The lowest BCUT2D eigenvalue weighted by atomic mass is 10.1. The van der Waals surface area contributed by atoms with Crippen LogP contribution in [0.2, 0.25) is 0 Å². The van der Waals surface area contributed by atoms with Crippen molar-refractivity contribution in [1.82, 2.24) is 33.7 Å². The second-order valence-corrected chi connectivity index (χ2v) is 13.3. The van der Waals surface area contributed by atoms with Crippen LogP contribution in [0.1, 0.15) is 0 Å². The van der Waals surface area contributed by atoms with Crippen molar-refractivity contribution in [2.75, 3.05) is 0 Å². The first-order valence-electron chi connectivity index (χ1n) is 18.0. The van der Waals surface area contributed by atoms with Crippen molar-refractivity contribution in [1.29, 1.82) is 0 Å². The van der Waals surface area contributed by atoms with Crippen molar-refractivity contribution in [3.05, 3.63) is 176 Å². The number of imidazole rings is 2. The lowest BCUT2D eigenvalue weighted by molar-refractivity contribution is 1.08. The fourth-order valence-electron chi connectivity index (χ4n) is 7.73. The molecule has 0 saturated carbocycles. The zero-order valence-corrected chi connectivity index (χ0v) is 28.9. The van der Waals surface area contributed by atoms with E-state index in [0.29, 0.717) is 17.5 Å². The first-order chi connectivity index (χ1) is 26.8. The molecule has 11 rings (SSSR count). The maximum absolute atomic E-state index is 5.56. The van der Waals surface area contributed by atoms with E-state index >= 15 is 0 Å². The molecule has 4 aromatic heterocycles. The van der Waals surface area contributed by atoms with Gasteiger partial charge in [0, 0.05) is 38.6 Å². The van der Waals surface area contributed by atoms with E-state index in [1.165, 1.54) is 0 Å². The van der Waals surface area contributed by atoms with Crippen LogP contribution in [-0.4, -0.2) is 33.7 Å². The van der Waals surface area contributed by atoms with Crippen LogP contribution in [0.4, 0.5) is 0 Å². The summed E-state index contributed by atoms with van der Waals surface area (Å²) in [7, 11) is 0. The number of rotatable bonds is 5. The molecule has 11 aromatic rings. The molecule has 252 valence electrons. The number of para-hydroxylation sites is 2. The molecule has 0 aliphatic rings. The lowest BCUT2D eigenvalue weighted by Crippen LogP contribution is -2.01. The van der Waals surface area contributed by atoms with E-state index in [-0.39, 0.29) is 0 Å². The SMILES string of the molecule is c1ccc(-c2nc(-c3ccccc3)nc(-c3ccc4c5c3nc(-c3ccccc3)n5c3ccccc3c3cccc5nc(-c6ccccc6)n4c53)n2)cc1. The molecular formula is C47H29N7. The normalized spacial score (nSPS) is 11.7. The Hall–Kier alpha value is -7.51. The van der Waals surface area contributed by atoms with Gasteiger partial charge < -0.3 is 0 Å². The third-order valence-corrected chi connectivity index (χ3v) is 10.1. The minimum atomic E-state index is 0.549. The highest BCUT2D eigenvalue weighted by atomic mass is 15.1. The molecule has 0 N–H and O–H groups in total. The highest BCUT2D eigenvalue weighted by Gasteiger charge is 2.24. The van der Waals surface area contributed by atoms with Gasteiger partial charge in [0.1, 0.15) is 17.2 Å². The van der Waals surface area contributed by atoms with Crippen molar-refractivity contribution in [3.63, 3.8) is 0 Å². The van der Waals surface area contributed by atoms with Gasteiger partial charge in [0.25, 0.3) is 0 Å². The first-order valence-corrected chi connectivity index (χ1v) is 18.0. The van der Waals surface area contributed by atoms with Crippen molar-refractivity contribution in [3.8, 4) is 56.9 Å². The number of benzene rings is 7. The predicted octanol–water partition coefficient (Wildman–Crippen LogP) is 11.0. The van der Waals surface area contributed by atoms with Crippen molar-refractivity contribution in [2.45, 2.75) is 0 Å². The topological polar surface area (TPSA) is 73.3 Å². The zero-order valence-electron chi connectivity index (χ0n) is 28.9. The van der Waals surface area contributed by atoms with Gasteiger partial charge in [-0.25, -0.2) is 24.9 Å². The average molecular weight is 692 g/mol. The standard InChI is InChI=1S/C47H29N7/c1-5-16-30(17-6-1)43-50-44(31-18-7-2-8-19-31)52-45(51-43)36-28-29-39-42-40(36)49-47(33-22-11-4-12-23-33)53(42)38-27-14-13-24-34(38)35-25-15-26-37-41(35)54(39)46(48-37)32-20-9-3-10-21-32/h1-29H. The molecule has 0 saturated heterocycles. The molecule has 0 unspecified atom stereocenters. The van der Waals surface area contributed by atoms with Crippen LogP contribution in [0.25, 0.3) is 101 Å². The quantitative estimate of drug-likeness (QED) is 0.180. The molecule has 4 heterocycles. The number of hydrogen-bond acceptors (Lipinski definition) is 5. The van der Waals surface area contributed by atoms with Gasteiger partial charge in [-0.15, -0.1) is 0 Å². The summed E-state index contributed by atoms with van der Waals surface area (Å²) in [6.45, 7) is 0. The molecule has 0 spiro atoms. The monoisotopic (exact) mass is 691 g/mol. The molecule has 0 aliphatic carbocycles. The summed E-state index contributed by atoms with van der Waals surface area (Å²) in [5.41, 5.74) is 10.3. The fourth-order valence-corrected chi connectivity index (χ4v) is 7.73. The smallest absolute Gasteiger partial charge is 0.166 e. The van der Waals surface area contributed by atoms with Crippen LogP contribution in [0.15, 0.2) is 176 Å². The zero-order chi connectivity index (χ0) is 35.6. The molecular weight excluding hydrogens is 663 g/mol. The number of aromatic nitrogens is 7. The second-order valence-electron chi connectivity index (χ2n) is 13.3. The molecule has 0 radical (unpaired) electrons. The van der Waals surface area contributed by atoms with Crippen LogP contribution in [0.5, 0.6) is 0 Å². The van der Waals surface area contributed by atoms with E-state index in [1.807, 2.05) is 72.8 Å². The molecule has 7 aromatic carbocycles. The number of hydrogen-bond donors (Lipinski definition) is 0. The van der Waals surface area contributed by atoms with E-state index in [1.54, 1.807) is 0 Å². The summed E-state index contributed by atoms with van der Waals surface area (Å²) < 4.78 is 4.62. The molecule has 0 amide bonds. The Morgan fingerprint density at radius 3 is 1.44 bits per heavy atom. The Morgan fingerprint density at radius 2 is 0.815 bits per heavy atom. The number of fused-ring (bicyclic) bond motifs is 4. The van der Waals surface area contributed by atoms with Gasteiger partial charge in [-0.3, -0.25) is 8.80 Å². The molecule has 54 heavy (non-hydrogen) atoms. The average Bonchev–Trinajstić information content (AvgIpc) is 3.84. The summed E-state index contributed by atoms with van der Waals surface area (Å²) in [4.78, 5) is 26.2. The Bertz CT molecular complexity index is 3130. The molecule has 0 atom stereocenters. The second kappa shape index (κ2) is 12.0. The van der Waals surface area contributed by atoms with Gasteiger partial charge in [-0.1, -0.05) is 152 Å². The van der Waals surface area contributed by atoms with Gasteiger partial charge in [0.2, 0.25) is 0 Å². The van der Waals surface area contributed by atoms with Crippen molar-refractivity contribution < 1.29 is 0 Å². The van der Waals surface area contributed by atoms with Gasteiger partial charge >= 0.3 is 0 Å². The number of nitrogens with zero attached hydrogens (tertiary/aromatic N) is 7. The highest BCUT2D eigenvalue weighted by molar-refractivity contribution is 6.14. The highest BCUT2D eigenvalue weighted by Crippen LogP contribution is 2.40. The maximum Gasteiger partial charge on any atom is 0.166 e. The minimum Gasteiger partial charge on any atom is -0.290 e. The summed E-state index contributed by atoms with van der Waals surface area (Å²) >= 11 is 0. The van der Waals surface area contributed by atoms with E-state index in [4.69, 9.17) is 24.9 Å². The predicted molar refractivity (Wildman–Crippen MR) is 217 cm³/mol. The Labute approximate surface area is 309 Å².